The molecule has 1 amide bonds. The molecule has 3 N–H and O–H groups in total. The number of hydrogen-bond acceptors (Lipinski definition) is 7. The van der Waals surface area contributed by atoms with Gasteiger partial charge in [-0.05, 0) is 17.7 Å². The number of aliphatic carboxylic acids is 1. The minimum atomic E-state index is -4.88. The summed E-state index contributed by atoms with van der Waals surface area (Å²) < 4.78 is 63.1. The first kappa shape index (κ1) is 18.0. The third kappa shape index (κ3) is 3.76. The Morgan fingerprint density at radius 2 is 1.79 bits per heavy atom. The van der Waals surface area contributed by atoms with Gasteiger partial charge in [-0.15, -0.1) is 0 Å². The molecule has 130 valence electrons. The molecule has 0 spiro atoms. The van der Waals surface area contributed by atoms with Crippen molar-refractivity contribution in [3.05, 3.63) is 23.8 Å². The summed E-state index contributed by atoms with van der Waals surface area (Å²) in [5, 5.41) is 13.0. The van der Waals surface area contributed by atoms with E-state index in [1.54, 1.807) is 0 Å². The lowest BCUT2D eigenvalue weighted by Crippen LogP contribution is -2.21. The Morgan fingerprint density at radius 3 is 2.25 bits per heavy atom. The molecule has 1 aliphatic heterocycles. The molecule has 0 saturated heterocycles. The van der Waals surface area contributed by atoms with Crippen molar-refractivity contribution in [1.29, 1.82) is 0 Å². The summed E-state index contributed by atoms with van der Waals surface area (Å²) in [5.74, 6) is -2.13. The second-order valence-corrected chi connectivity index (χ2v) is 7.51. The van der Waals surface area contributed by atoms with Gasteiger partial charge in [0.05, 0.1) is 17.9 Å². The van der Waals surface area contributed by atoms with E-state index in [0.717, 1.165) is 12.1 Å². The van der Waals surface area contributed by atoms with Gasteiger partial charge in [-0.3, -0.25) is 13.9 Å². The van der Waals surface area contributed by atoms with Gasteiger partial charge in [0.25, 0.3) is 20.2 Å². The third-order valence-corrected chi connectivity index (χ3v) is 4.81. The van der Waals surface area contributed by atoms with Crippen LogP contribution in [0.25, 0.3) is 0 Å². The highest BCUT2D eigenvalue weighted by molar-refractivity contribution is 7.86. The van der Waals surface area contributed by atoms with E-state index >= 15 is 0 Å². The first-order valence-corrected chi connectivity index (χ1v) is 8.96. The summed E-state index contributed by atoms with van der Waals surface area (Å²) in [6, 6.07) is 2.33. The average Bonchev–Trinajstić information content (AvgIpc) is 2.78. The van der Waals surface area contributed by atoms with Gasteiger partial charge in [-0.1, -0.05) is 6.07 Å². The van der Waals surface area contributed by atoms with Crippen LogP contribution in [0.2, 0.25) is 0 Å². The first-order valence-electron chi connectivity index (χ1n) is 6.08. The Morgan fingerprint density at radius 1 is 1.17 bits per heavy atom. The maximum atomic E-state index is 11.7. The van der Waals surface area contributed by atoms with Crippen molar-refractivity contribution in [2.45, 2.75) is 22.8 Å². The fourth-order valence-electron chi connectivity index (χ4n) is 1.94. The number of carbonyl (C=O) groups excluding carboxylic acids is 1. The fraction of sp³-hybridized carbons (Fsp3) is 0.182. The Bertz CT molecular complexity index is 963. The Balaban J connectivity index is 2.48. The highest BCUT2D eigenvalue weighted by atomic mass is 32.2. The normalized spacial score (nSPS) is 15.5. The standard InChI is InChI=1S/C11H10N2O9S2/c14-10-4-8(11(15)16)12-13(10)5-6-1-2-7(23(17,18)19)3-9(6)24(20,21)22/h1-3H,4-5H2,(H,15,16)(H,17,18,19)(H,20,21,22). The van der Waals surface area contributed by atoms with E-state index in [2.05, 4.69) is 5.10 Å². The molecular weight excluding hydrogens is 368 g/mol. The van der Waals surface area contributed by atoms with Gasteiger partial charge < -0.3 is 5.11 Å². The zero-order valence-corrected chi connectivity index (χ0v) is 13.3. The van der Waals surface area contributed by atoms with Crippen LogP contribution in [0.4, 0.5) is 0 Å². The van der Waals surface area contributed by atoms with E-state index in [9.17, 15) is 31.0 Å². The lowest BCUT2D eigenvalue weighted by Gasteiger charge is -2.14. The summed E-state index contributed by atoms with van der Waals surface area (Å²) in [5.41, 5.74) is -0.656. The van der Waals surface area contributed by atoms with E-state index in [-0.39, 0.29) is 5.56 Å². The number of carboxylic acids is 1. The van der Waals surface area contributed by atoms with Gasteiger partial charge in [-0.2, -0.15) is 21.9 Å². The van der Waals surface area contributed by atoms with Crippen LogP contribution in [0, 0.1) is 0 Å². The van der Waals surface area contributed by atoms with Crippen molar-refractivity contribution in [3.63, 3.8) is 0 Å². The molecule has 24 heavy (non-hydrogen) atoms. The van der Waals surface area contributed by atoms with Crippen LogP contribution in [0.5, 0.6) is 0 Å². The van der Waals surface area contributed by atoms with Gasteiger partial charge in [0, 0.05) is 0 Å². The third-order valence-electron chi connectivity index (χ3n) is 3.03. The molecule has 0 atom stereocenters. The largest absolute Gasteiger partial charge is 0.477 e. The van der Waals surface area contributed by atoms with Gasteiger partial charge >= 0.3 is 5.97 Å². The van der Waals surface area contributed by atoms with Crippen molar-refractivity contribution in [1.82, 2.24) is 5.01 Å². The van der Waals surface area contributed by atoms with E-state index in [1.165, 1.54) is 0 Å². The van der Waals surface area contributed by atoms with Crippen LogP contribution >= 0.6 is 0 Å². The second-order valence-electron chi connectivity index (χ2n) is 4.70. The van der Waals surface area contributed by atoms with E-state index in [0.29, 0.717) is 11.1 Å². The number of rotatable bonds is 5. The lowest BCUT2D eigenvalue weighted by atomic mass is 10.2. The lowest BCUT2D eigenvalue weighted by molar-refractivity contribution is -0.131. The molecule has 0 aliphatic carbocycles. The van der Waals surface area contributed by atoms with Crippen molar-refractivity contribution in [3.8, 4) is 0 Å². The van der Waals surface area contributed by atoms with E-state index in [4.69, 9.17) is 9.66 Å². The van der Waals surface area contributed by atoms with Crippen LogP contribution < -0.4 is 0 Å². The predicted octanol–water partition coefficient (Wildman–Crippen LogP) is -0.647. The molecule has 1 heterocycles. The number of hydrogen-bond donors (Lipinski definition) is 3. The van der Waals surface area contributed by atoms with Crippen molar-refractivity contribution in [2.24, 2.45) is 5.10 Å². The molecule has 0 radical (unpaired) electrons. The maximum Gasteiger partial charge on any atom is 0.352 e. The monoisotopic (exact) mass is 378 g/mol. The SMILES string of the molecule is O=C(O)C1=NN(Cc2ccc(S(=O)(=O)O)cc2S(=O)(=O)O)C(=O)C1. The fourth-order valence-corrected chi connectivity index (χ4v) is 3.26. The number of carbonyl (C=O) groups is 2. The van der Waals surface area contributed by atoms with Crippen molar-refractivity contribution in [2.75, 3.05) is 0 Å². The van der Waals surface area contributed by atoms with Gasteiger partial charge in [0.15, 0.2) is 5.71 Å². The summed E-state index contributed by atoms with van der Waals surface area (Å²) in [7, 11) is -9.61. The van der Waals surface area contributed by atoms with Crippen molar-refractivity contribution < 1.29 is 40.6 Å². The first-order chi connectivity index (χ1) is 10.9. The Labute approximate surface area is 135 Å². The zero-order chi connectivity index (χ0) is 18.3. The zero-order valence-electron chi connectivity index (χ0n) is 11.6. The molecule has 0 bridgehead atoms. The van der Waals surface area contributed by atoms with Crippen LogP contribution in [-0.2, 0) is 36.4 Å². The van der Waals surface area contributed by atoms with Gasteiger partial charge in [0.1, 0.15) is 4.90 Å². The number of carboxylic acid groups (broad SMARTS) is 1. The highest BCUT2D eigenvalue weighted by Gasteiger charge is 2.30. The summed E-state index contributed by atoms with van der Waals surface area (Å²) in [6.07, 6.45) is -0.486. The molecule has 13 heteroatoms. The molecule has 0 saturated carbocycles. The Hall–Kier alpha value is -2.35. The van der Waals surface area contributed by atoms with Crippen LogP contribution in [0.3, 0.4) is 0 Å². The minimum absolute atomic E-state index is 0.214. The van der Waals surface area contributed by atoms with Crippen LogP contribution in [-0.4, -0.2) is 53.6 Å². The van der Waals surface area contributed by atoms with Gasteiger partial charge in [-0.25, -0.2) is 9.80 Å². The number of benzene rings is 1. The molecule has 0 aromatic heterocycles. The molecular formula is C11H10N2O9S2. The van der Waals surface area contributed by atoms with E-state index < -0.39 is 60.6 Å². The quantitative estimate of drug-likeness (QED) is 0.561. The highest BCUT2D eigenvalue weighted by Crippen LogP contribution is 2.23. The molecule has 0 fully saturated rings. The van der Waals surface area contributed by atoms with E-state index in [1.807, 2.05) is 0 Å². The number of hydrazone groups is 1. The summed E-state index contributed by atoms with van der Waals surface area (Å²) >= 11 is 0. The smallest absolute Gasteiger partial charge is 0.352 e. The summed E-state index contributed by atoms with van der Waals surface area (Å²) in [6.45, 7) is -0.517. The second kappa shape index (κ2) is 5.94. The van der Waals surface area contributed by atoms with Crippen LogP contribution in [0.15, 0.2) is 33.1 Å². The average molecular weight is 378 g/mol. The van der Waals surface area contributed by atoms with Crippen LogP contribution in [0.1, 0.15) is 12.0 Å². The molecule has 1 aliphatic rings. The molecule has 2 rings (SSSR count). The van der Waals surface area contributed by atoms with Crippen molar-refractivity contribution >= 4 is 37.8 Å². The predicted molar refractivity (Wildman–Crippen MR) is 76.3 cm³/mol. The number of amides is 1. The molecule has 1 aromatic rings. The maximum absolute atomic E-state index is 11.7. The minimum Gasteiger partial charge on any atom is -0.477 e. The molecule has 11 nitrogen and oxygen atoms in total. The molecule has 0 unspecified atom stereocenters. The topological polar surface area (TPSA) is 179 Å². The van der Waals surface area contributed by atoms with Gasteiger partial charge in [0.2, 0.25) is 5.91 Å². The number of nitrogens with zero attached hydrogens (tertiary/aromatic N) is 2. The Kier molecular flexibility index (Phi) is 4.45. The molecule has 1 aromatic carbocycles. The summed E-state index contributed by atoms with van der Waals surface area (Å²) in [4.78, 5) is 20.8.